The van der Waals surface area contributed by atoms with E-state index in [-0.39, 0.29) is 5.56 Å². The van der Waals surface area contributed by atoms with Crippen LogP contribution in [0.5, 0.6) is 0 Å². The van der Waals surface area contributed by atoms with Crippen LogP contribution in [0.4, 0.5) is 5.69 Å². The third kappa shape index (κ3) is 3.02. The number of benzene rings is 2. The molecule has 0 spiro atoms. The smallest absolute Gasteiger partial charge is 0.260 e. The largest absolute Gasteiger partial charge is 0.376 e. The van der Waals surface area contributed by atoms with Crippen molar-refractivity contribution in [2.75, 3.05) is 5.32 Å². The molecule has 6 nitrogen and oxygen atoms in total. The Bertz CT molecular complexity index is 965. The van der Waals surface area contributed by atoms with Crippen LogP contribution < -0.4 is 10.9 Å². The number of aromatic amines is 1. The lowest BCUT2D eigenvalue weighted by Gasteiger charge is -2.23. The summed E-state index contributed by atoms with van der Waals surface area (Å²) < 4.78 is 0. The summed E-state index contributed by atoms with van der Waals surface area (Å²) in [4.78, 5) is 30.6. The van der Waals surface area contributed by atoms with E-state index in [0.29, 0.717) is 27.2 Å². The predicted octanol–water partition coefficient (Wildman–Crippen LogP) is 2.42. The first-order valence-corrected chi connectivity index (χ1v) is 7.53. The molecule has 0 bridgehead atoms. The third-order valence-electron chi connectivity index (χ3n) is 3.75. The zero-order valence-corrected chi connectivity index (χ0v) is 13.5. The number of hydrogen-bond donors (Lipinski definition) is 3. The number of anilines is 1. The van der Waals surface area contributed by atoms with Crippen LogP contribution in [-0.2, 0) is 10.4 Å². The summed E-state index contributed by atoms with van der Waals surface area (Å²) in [6.07, 6.45) is 1.29. The average molecular weight is 344 g/mol. The number of nitrogens with one attached hydrogen (secondary N) is 2. The Kier molecular flexibility index (Phi) is 4.09. The molecule has 24 heavy (non-hydrogen) atoms. The number of rotatable bonds is 3. The van der Waals surface area contributed by atoms with Crippen molar-refractivity contribution >= 4 is 34.1 Å². The molecule has 122 valence electrons. The maximum absolute atomic E-state index is 12.4. The Balaban J connectivity index is 1.88. The van der Waals surface area contributed by atoms with Crippen LogP contribution in [0.2, 0.25) is 5.02 Å². The number of amides is 1. The molecule has 0 aliphatic heterocycles. The maximum atomic E-state index is 12.4. The topological polar surface area (TPSA) is 95.1 Å². The third-order valence-corrected chi connectivity index (χ3v) is 4.00. The van der Waals surface area contributed by atoms with Crippen molar-refractivity contribution in [2.45, 2.75) is 12.5 Å². The molecule has 2 aromatic carbocycles. The molecule has 1 amide bonds. The van der Waals surface area contributed by atoms with Crippen LogP contribution in [0.1, 0.15) is 12.5 Å². The summed E-state index contributed by atoms with van der Waals surface area (Å²) in [6.45, 7) is 1.40. The molecule has 1 heterocycles. The maximum Gasteiger partial charge on any atom is 0.260 e. The lowest BCUT2D eigenvalue weighted by Crippen LogP contribution is -2.37. The van der Waals surface area contributed by atoms with Gasteiger partial charge >= 0.3 is 0 Å². The van der Waals surface area contributed by atoms with E-state index in [1.165, 1.54) is 13.3 Å². The molecule has 0 fully saturated rings. The van der Waals surface area contributed by atoms with E-state index in [0.717, 1.165) is 0 Å². The second-order valence-electron chi connectivity index (χ2n) is 5.50. The van der Waals surface area contributed by atoms with Crippen molar-refractivity contribution < 1.29 is 9.90 Å². The number of hydrogen-bond acceptors (Lipinski definition) is 4. The van der Waals surface area contributed by atoms with Crippen molar-refractivity contribution in [3.8, 4) is 0 Å². The zero-order chi connectivity index (χ0) is 17.3. The molecule has 0 aliphatic carbocycles. The minimum atomic E-state index is -1.73. The SMILES string of the molecule is CC(O)(C(=O)Nc1ccc2c(=O)[nH]cnc2c1)c1ccc(Cl)cc1. The van der Waals surface area contributed by atoms with Gasteiger partial charge in [0.1, 0.15) is 0 Å². The lowest BCUT2D eigenvalue weighted by atomic mass is 9.95. The molecule has 3 N–H and O–H groups in total. The van der Waals surface area contributed by atoms with Gasteiger partial charge in [0.15, 0.2) is 5.60 Å². The van der Waals surface area contributed by atoms with Gasteiger partial charge in [0.2, 0.25) is 0 Å². The lowest BCUT2D eigenvalue weighted by molar-refractivity contribution is -0.133. The Morgan fingerprint density at radius 3 is 2.67 bits per heavy atom. The Hall–Kier alpha value is -2.70. The van der Waals surface area contributed by atoms with Crippen molar-refractivity contribution in [3.63, 3.8) is 0 Å². The number of aliphatic hydroxyl groups is 1. The molecule has 0 saturated heterocycles. The van der Waals surface area contributed by atoms with Crippen molar-refractivity contribution in [1.82, 2.24) is 9.97 Å². The van der Waals surface area contributed by atoms with Gasteiger partial charge in [-0.25, -0.2) is 4.98 Å². The first-order valence-electron chi connectivity index (χ1n) is 7.15. The van der Waals surface area contributed by atoms with Crippen LogP contribution in [0.15, 0.2) is 53.6 Å². The van der Waals surface area contributed by atoms with Crippen LogP contribution in [0.25, 0.3) is 10.9 Å². The molecule has 1 atom stereocenters. The van der Waals surface area contributed by atoms with Gasteiger partial charge in [-0.15, -0.1) is 0 Å². The minimum Gasteiger partial charge on any atom is -0.376 e. The molecule has 1 unspecified atom stereocenters. The van der Waals surface area contributed by atoms with Gasteiger partial charge < -0.3 is 15.4 Å². The molecule has 0 aliphatic rings. The van der Waals surface area contributed by atoms with Gasteiger partial charge in [0.05, 0.1) is 17.2 Å². The van der Waals surface area contributed by atoms with Gasteiger partial charge in [-0.05, 0) is 42.8 Å². The Labute approximate surface area is 142 Å². The van der Waals surface area contributed by atoms with Crippen LogP contribution in [0.3, 0.4) is 0 Å². The van der Waals surface area contributed by atoms with E-state index in [1.54, 1.807) is 42.5 Å². The second kappa shape index (κ2) is 6.07. The molecular formula is C17H14ClN3O3. The Morgan fingerprint density at radius 2 is 1.96 bits per heavy atom. The summed E-state index contributed by atoms with van der Waals surface area (Å²) in [5, 5.41) is 14.1. The molecule has 0 radical (unpaired) electrons. The fraction of sp³-hybridized carbons (Fsp3) is 0.118. The summed E-state index contributed by atoms with van der Waals surface area (Å²) in [5.41, 5.74) is -0.700. The van der Waals surface area contributed by atoms with Gasteiger partial charge in [0.25, 0.3) is 11.5 Å². The van der Waals surface area contributed by atoms with E-state index in [2.05, 4.69) is 15.3 Å². The molecule has 1 aromatic heterocycles. The van der Waals surface area contributed by atoms with Gasteiger partial charge in [-0.3, -0.25) is 9.59 Å². The molecule has 0 saturated carbocycles. The Morgan fingerprint density at radius 1 is 1.25 bits per heavy atom. The first kappa shape index (κ1) is 16.2. The quantitative estimate of drug-likeness (QED) is 0.680. The van der Waals surface area contributed by atoms with E-state index < -0.39 is 11.5 Å². The monoisotopic (exact) mass is 343 g/mol. The minimum absolute atomic E-state index is 0.258. The number of carbonyl (C=O) groups is 1. The number of fused-ring (bicyclic) bond motifs is 1. The van der Waals surface area contributed by atoms with Crippen LogP contribution >= 0.6 is 11.6 Å². The van der Waals surface area contributed by atoms with Crippen LogP contribution in [-0.4, -0.2) is 21.0 Å². The van der Waals surface area contributed by atoms with Crippen molar-refractivity contribution in [2.24, 2.45) is 0 Å². The van der Waals surface area contributed by atoms with E-state index >= 15 is 0 Å². The standard InChI is InChI=1S/C17H14ClN3O3/c1-17(24,10-2-4-11(18)5-3-10)16(23)21-12-6-7-13-14(8-12)19-9-20-15(13)22/h2-9,24H,1H3,(H,21,23)(H,19,20,22). The predicted molar refractivity (Wildman–Crippen MR) is 92.0 cm³/mol. The van der Waals surface area contributed by atoms with Crippen LogP contribution in [0, 0.1) is 0 Å². The fourth-order valence-corrected chi connectivity index (χ4v) is 2.43. The summed E-state index contributed by atoms with van der Waals surface area (Å²) >= 11 is 5.82. The molecular weight excluding hydrogens is 330 g/mol. The highest BCUT2D eigenvalue weighted by molar-refractivity contribution is 6.30. The molecule has 7 heteroatoms. The summed E-state index contributed by atoms with van der Waals surface area (Å²) in [5.74, 6) is -0.603. The molecule has 3 rings (SSSR count). The fourth-order valence-electron chi connectivity index (χ4n) is 2.30. The van der Waals surface area contributed by atoms with Gasteiger partial charge in [-0.2, -0.15) is 0 Å². The number of aromatic nitrogens is 2. The summed E-state index contributed by atoms with van der Waals surface area (Å²) in [6, 6.07) is 11.1. The van der Waals surface area contributed by atoms with Gasteiger partial charge in [-0.1, -0.05) is 23.7 Å². The number of nitrogens with zero attached hydrogens (tertiary/aromatic N) is 1. The second-order valence-corrected chi connectivity index (χ2v) is 5.93. The molecule has 3 aromatic rings. The normalized spacial score (nSPS) is 13.5. The van der Waals surface area contributed by atoms with Crippen molar-refractivity contribution in [1.29, 1.82) is 0 Å². The van der Waals surface area contributed by atoms with E-state index in [9.17, 15) is 14.7 Å². The zero-order valence-electron chi connectivity index (χ0n) is 12.7. The highest BCUT2D eigenvalue weighted by Gasteiger charge is 2.32. The summed E-state index contributed by atoms with van der Waals surface area (Å²) in [7, 11) is 0. The first-order chi connectivity index (χ1) is 11.4. The number of carbonyl (C=O) groups excluding carboxylic acids is 1. The highest BCUT2D eigenvalue weighted by Crippen LogP contribution is 2.25. The van der Waals surface area contributed by atoms with E-state index in [1.807, 2.05) is 0 Å². The average Bonchev–Trinajstić information content (AvgIpc) is 2.55. The van der Waals surface area contributed by atoms with Crippen molar-refractivity contribution in [3.05, 3.63) is 69.7 Å². The van der Waals surface area contributed by atoms with E-state index in [4.69, 9.17) is 11.6 Å². The van der Waals surface area contributed by atoms with Gasteiger partial charge in [0, 0.05) is 10.7 Å². The number of halogens is 1. The number of H-pyrrole nitrogens is 1. The highest BCUT2D eigenvalue weighted by atomic mass is 35.5.